The summed E-state index contributed by atoms with van der Waals surface area (Å²) < 4.78 is 5.14. The molecule has 1 aliphatic carbocycles. The van der Waals surface area contributed by atoms with Crippen molar-refractivity contribution in [3.05, 3.63) is 36.0 Å². The van der Waals surface area contributed by atoms with E-state index in [9.17, 15) is 0 Å². The lowest BCUT2D eigenvalue weighted by Crippen LogP contribution is -1.99. The molecule has 1 fully saturated rings. The number of phenols is 1. The van der Waals surface area contributed by atoms with Gasteiger partial charge in [-0.2, -0.15) is 4.98 Å². The number of hydrogen-bond donors (Lipinski definition) is 2. The number of phenolic OH excluding ortho intramolecular Hbond substituents is 1. The normalized spacial score (nSPS) is 14.8. The smallest absolute Gasteiger partial charge is 0.245 e. The van der Waals surface area contributed by atoms with Crippen LogP contribution in [0.5, 0.6) is 5.75 Å². The van der Waals surface area contributed by atoms with Crippen LogP contribution in [0.3, 0.4) is 0 Å². The summed E-state index contributed by atoms with van der Waals surface area (Å²) in [6, 6.07) is 6.86. The number of nitrogens with one attached hydrogen (secondary N) is 1. The minimum atomic E-state index is 0.254. The maximum Gasteiger partial charge on any atom is 0.245 e. The summed E-state index contributed by atoms with van der Waals surface area (Å²) in [6.07, 6.45) is 2.34. The largest absolute Gasteiger partial charge is 0.508 e. The van der Waals surface area contributed by atoms with E-state index in [-0.39, 0.29) is 5.75 Å². The van der Waals surface area contributed by atoms with Crippen LogP contribution in [-0.2, 0) is 6.54 Å². The molecule has 0 aliphatic heterocycles. The van der Waals surface area contributed by atoms with Crippen LogP contribution in [0.2, 0.25) is 0 Å². The molecule has 1 aromatic carbocycles. The molecule has 5 heteroatoms. The molecule has 3 rings (SSSR count). The van der Waals surface area contributed by atoms with Crippen LogP contribution in [0.25, 0.3) is 0 Å². The molecule has 5 nitrogen and oxygen atoms in total. The predicted octanol–water partition coefficient (Wildman–Crippen LogP) is 2.26. The summed E-state index contributed by atoms with van der Waals surface area (Å²) in [6.45, 7) is 0.504. The zero-order valence-corrected chi connectivity index (χ0v) is 9.26. The maximum atomic E-state index is 9.14. The molecule has 0 amide bonds. The highest BCUT2D eigenvalue weighted by molar-refractivity contribution is 5.45. The Bertz CT molecular complexity index is 503. The Labute approximate surface area is 98.5 Å². The second-order valence-corrected chi connectivity index (χ2v) is 4.22. The fraction of sp³-hybridized carbons (Fsp3) is 0.333. The lowest BCUT2D eigenvalue weighted by atomic mass is 10.3. The van der Waals surface area contributed by atoms with E-state index >= 15 is 0 Å². The van der Waals surface area contributed by atoms with Gasteiger partial charge in [0.1, 0.15) is 5.75 Å². The van der Waals surface area contributed by atoms with Crippen molar-refractivity contribution in [2.24, 2.45) is 0 Å². The monoisotopic (exact) mass is 231 g/mol. The van der Waals surface area contributed by atoms with Gasteiger partial charge in [-0.15, -0.1) is 0 Å². The molecular formula is C12H13N3O2. The SMILES string of the molecule is Oc1ccc(NCc2nc(C3CC3)no2)cc1. The van der Waals surface area contributed by atoms with Gasteiger partial charge in [0, 0.05) is 11.6 Å². The summed E-state index contributed by atoms with van der Waals surface area (Å²) >= 11 is 0. The first-order valence-electron chi connectivity index (χ1n) is 5.66. The van der Waals surface area contributed by atoms with E-state index in [1.807, 2.05) is 0 Å². The van der Waals surface area contributed by atoms with E-state index in [1.54, 1.807) is 24.3 Å². The molecule has 0 saturated heterocycles. The fourth-order valence-corrected chi connectivity index (χ4v) is 1.60. The van der Waals surface area contributed by atoms with E-state index in [4.69, 9.17) is 9.63 Å². The number of aromatic nitrogens is 2. The standard InChI is InChI=1S/C12H13N3O2/c16-10-5-3-9(4-6-10)13-7-11-14-12(15-17-11)8-1-2-8/h3-6,8,13,16H,1-2,7H2. The van der Waals surface area contributed by atoms with Crippen LogP contribution < -0.4 is 5.32 Å². The van der Waals surface area contributed by atoms with Gasteiger partial charge in [-0.05, 0) is 37.1 Å². The highest BCUT2D eigenvalue weighted by Gasteiger charge is 2.28. The lowest BCUT2D eigenvalue weighted by molar-refractivity contribution is 0.378. The van der Waals surface area contributed by atoms with Crippen LogP contribution in [0, 0.1) is 0 Å². The van der Waals surface area contributed by atoms with Crippen molar-refractivity contribution in [3.63, 3.8) is 0 Å². The van der Waals surface area contributed by atoms with Gasteiger partial charge in [0.2, 0.25) is 5.89 Å². The van der Waals surface area contributed by atoms with E-state index < -0.39 is 0 Å². The van der Waals surface area contributed by atoms with E-state index in [0.717, 1.165) is 11.5 Å². The zero-order valence-electron chi connectivity index (χ0n) is 9.26. The summed E-state index contributed by atoms with van der Waals surface area (Å²) in [5.41, 5.74) is 0.911. The Morgan fingerprint density at radius 2 is 2.06 bits per heavy atom. The molecule has 0 unspecified atom stereocenters. The predicted molar refractivity (Wildman–Crippen MR) is 61.7 cm³/mol. The molecule has 1 aliphatic rings. The van der Waals surface area contributed by atoms with Gasteiger partial charge in [0.25, 0.3) is 0 Å². The quantitative estimate of drug-likeness (QED) is 0.790. The van der Waals surface area contributed by atoms with Crippen molar-refractivity contribution in [1.29, 1.82) is 0 Å². The highest BCUT2D eigenvalue weighted by atomic mass is 16.5. The molecule has 0 atom stereocenters. The highest BCUT2D eigenvalue weighted by Crippen LogP contribution is 2.38. The van der Waals surface area contributed by atoms with Gasteiger partial charge in [0.15, 0.2) is 5.82 Å². The van der Waals surface area contributed by atoms with Crippen molar-refractivity contribution in [2.45, 2.75) is 25.3 Å². The van der Waals surface area contributed by atoms with Crippen molar-refractivity contribution < 1.29 is 9.63 Å². The van der Waals surface area contributed by atoms with Crippen LogP contribution in [0.4, 0.5) is 5.69 Å². The van der Waals surface area contributed by atoms with E-state index in [2.05, 4.69) is 15.5 Å². The van der Waals surface area contributed by atoms with Crippen LogP contribution >= 0.6 is 0 Å². The van der Waals surface area contributed by atoms with Gasteiger partial charge < -0.3 is 14.9 Å². The van der Waals surface area contributed by atoms with Crippen molar-refractivity contribution >= 4 is 5.69 Å². The molecule has 88 valence electrons. The number of anilines is 1. The number of benzene rings is 1. The van der Waals surface area contributed by atoms with Gasteiger partial charge in [-0.1, -0.05) is 5.16 Å². The molecule has 0 radical (unpaired) electrons. The number of rotatable bonds is 4. The second-order valence-electron chi connectivity index (χ2n) is 4.22. The van der Waals surface area contributed by atoms with E-state index in [0.29, 0.717) is 18.4 Å². The average molecular weight is 231 g/mol. The third kappa shape index (κ3) is 2.38. The molecule has 0 bridgehead atoms. The third-order valence-electron chi connectivity index (χ3n) is 2.74. The molecule has 17 heavy (non-hydrogen) atoms. The second kappa shape index (κ2) is 4.08. The van der Waals surface area contributed by atoms with Crippen molar-refractivity contribution in [3.8, 4) is 5.75 Å². The first kappa shape index (κ1) is 10.1. The topological polar surface area (TPSA) is 71.2 Å². The molecule has 0 spiro atoms. The van der Waals surface area contributed by atoms with Crippen LogP contribution in [-0.4, -0.2) is 15.2 Å². The minimum Gasteiger partial charge on any atom is -0.508 e. The van der Waals surface area contributed by atoms with Crippen molar-refractivity contribution in [2.75, 3.05) is 5.32 Å². The first-order chi connectivity index (χ1) is 8.31. The summed E-state index contributed by atoms with van der Waals surface area (Å²) in [7, 11) is 0. The Morgan fingerprint density at radius 1 is 1.29 bits per heavy atom. The van der Waals surface area contributed by atoms with Gasteiger partial charge in [-0.3, -0.25) is 0 Å². The maximum absolute atomic E-state index is 9.14. The number of nitrogens with zero attached hydrogens (tertiary/aromatic N) is 2. The molecular weight excluding hydrogens is 218 g/mol. The first-order valence-corrected chi connectivity index (χ1v) is 5.66. The summed E-state index contributed by atoms with van der Waals surface area (Å²) in [5, 5.41) is 16.2. The average Bonchev–Trinajstić information content (AvgIpc) is 3.09. The van der Waals surface area contributed by atoms with Crippen LogP contribution in [0.15, 0.2) is 28.8 Å². The number of hydrogen-bond acceptors (Lipinski definition) is 5. The van der Waals surface area contributed by atoms with Crippen molar-refractivity contribution in [1.82, 2.24) is 10.1 Å². The van der Waals surface area contributed by atoms with Gasteiger partial charge in [-0.25, -0.2) is 0 Å². The molecule has 2 N–H and O–H groups in total. The lowest BCUT2D eigenvalue weighted by Gasteiger charge is -2.02. The molecule has 1 saturated carbocycles. The number of aromatic hydroxyl groups is 1. The minimum absolute atomic E-state index is 0.254. The molecule has 1 heterocycles. The Kier molecular flexibility index (Phi) is 2.44. The Balaban J connectivity index is 1.60. The fourth-order valence-electron chi connectivity index (χ4n) is 1.60. The van der Waals surface area contributed by atoms with Gasteiger partial charge >= 0.3 is 0 Å². The molecule has 1 aromatic heterocycles. The van der Waals surface area contributed by atoms with Gasteiger partial charge in [0.05, 0.1) is 6.54 Å². The van der Waals surface area contributed by atoms with E-state index in [1.165, 1.54) is 12.8 Å². The molecule has 2 aromatic rings. The third-order valence-corrected chi connectivity index (χ3v) is 2.74. The summed E-state index contributed by atoms with van der Waals surface area (Å²) in [4.78, 5) is 4.32. The Hall–Kier alpha value is -2.04. The summed E-state index contributed by atoms with van der Waals surface area (Å²) in [5.74, 6) is 2.19. The Morgan fingerprint density at radius 3 is 2.76 bits per heavy atom. The zero-order chi connectivity index (χ0) is 11.7. The van der Waals surface area contributed by atoms with Crippen LogP contribution in [0.1, 0.15) is 30.5 Å².